The third-order valence-corrected chi connectivity index (χ3v) is 3.09. The summed E-state index contributed by atoms with van der Waals surface area (Å²) in [7, 11) is 0. The van der Waals surface area contributed by atoms with Gasteiger partial charge in [-0.15, -0.1) is 0 Å². The van der Waals surface area contributed by atoms with Gasteiger partial charge in [-0.1, -0.05) is 6.07 Å². The lowest BCUT2D eigenvalue weighted by atomic mass is 10.1. The summed E-state index contributed by atoms with van der Waals surface area (Å²) in [6.45, 7) is 6.09. The number of rotatable bonds is 3. The van der Waals surface area contributed by atoms with E-state index in [0.717, 1.165) is 32.0 Å². The van der Waals surface area contributed by atoms with Crippen LogP contribution in [0, 0.1) is 6.92 Å². The molecular weight excluding hydrogens is 202 g/mol. The fourth-order valence-corrected chi connectivity index (χ4v) is 1.99. The molecule has 1 fully saturated rings. The third-order valence-electron chi connectivity index (χ3n) is 3.09. The maximum absolute atomic E-state index is 5.74. The highest BCUT2D eigenvalue weighted by Gasteiger charge is 2.22. The Hall–Kier alpha value is -0.970. The highest BCUT2D eigenvalue weighted by atomic mass is 16.5. The van der Waals surface area contributed by atoms with Crippen molar-refractivity contribution in [3.05, 3.63) is 29.6 Å². The van der Waals surface area contributed by atoms with Gasteiger partial charge in [0.15, 0.2) is 0 Å². The van der Waals surface area contributed by atoms with Gasteiger partial charge in [0, 0.05) is 31.9 Å². The summed E-state index contributed by atoms with van der Waals surface area (Å²) in [5.41, 5.74) is 8.13. The van der Waals surface area contributed by atoms with Crippen LogP contribution in [0.5, 0.6) is 0 Å². The first-order valence-corrected chi connectivity index (χ1v) is 5.73. The first kappa shape index (κ1) is 11.5. The average Bonchev–Trinajstić information content (AvgIpc) is 2.33. The molecule has 0 aliphatic carbocycles. The zero-order chi connectivity index (χ0) is 11.4. The molecule has 2 rings (SSSR count). The fourth-order valence-electron chi connectivity index (χ4n) is 1.99. The van der Waals surface area contributed by atoms with Gasteiger partial charge in [-0.25, -0.2) is 0 Å². The monoisotopic (exact) mass is 221 g/mol. The maximum Gasteiger partial charge on any atom is 0.0634 e. The number of nitrogens with zero attached hydrogens (tertiary/aromatic N) is 2. The molecule has 2 N–H and O–H groups in total. The molecule has 1 aliphatic rings. The molecule has 1 unspecified atom stereocenters. The van der Waals surface area contributed by atoms with Crippen LogP contribution in [-0.4, -0.2) is 42.2 Å². The summed E-state index contributed by atoms with van der Waals surface area (Å²) < 4.78 is 5.43. The van der Waals surface area contributed by atoms with E-state index in [1.54, 1.807) is 0 Å². The Bertz CT molecular complexity index is 343. The predicted octanol–water partition coefficient (Wildman–Crippen LogP) is 0.550. The molecule has 0 saturated carbocycles. The third kappa shape index (κ3) is 2.58. The van der Waals surface area contributed by atoms with Crippen molar-refractivity contribution in [2.45, 2.75) is 19.5 Å². The highest BCUT2D eigenvalue weighted by molar-refractivity contribution is 5.17. The van der Waals surface area contributed by atoms with Gasteiger partial charge in [0.05, 0.1) is 18.9 Å². The second kappa shape index (κ2) is 5.39. The largest absolute Gasteiger partial charge is 0.378 e. The van der Waals surface area contributed by atoms with Gasteiger partial charge in [0.1, 0.15) is 0 Å². The molecule has 2 heterocycles. The van der Waals surface area contributed by atoms with Crippen molar-refractivity contribution in [1.29, 1.82) is 0 Å². The standard InChI is InChI=1S/C12H19N3O/c1-10-3-2-4-14-12(10)8-15-5-6-16-9-11(15)7-13/h2-4,11H,5-9,13H2,1H3. The van der Waals surface area contributed by atoms with Crippen molar-refractivity contribution in [1.82, 2.24) is 9.88 Å². The van der Waals surface area contributed by atoms with Crippen LogP contribution in [0.1, 0.15) is 11.3 Å². The topological polar surface area (TPSA) is 51.4 Å². The van der Waals surface area contributed by atoms with Crippen LogP contribution in [-0.2, 0) is 11.3 Å². The molecule has 1 aromatic heterocycles. The summed E-state index contributed by atoms with van der Waals surface area (Å²) in [6, 6.07) is 4.40. The molecule has 88 valence electrons. The van der Waals surface area contributed by atoms with Crippen molar-refractivity contribution in [3.8, 4) is 0 Å². The summed E-state index contributed by atoms with van der Waals surface area (Å²) in [5.74, 6) is 0. The number of morpholine rings is 1. The molecule has 0 aromatic carbocycles. The SMILES string of the molecule is Cc1cccnc1CN1CCOCC1CN. The Morgan fingerprint density at radius 2 is 2.50 bits per heavy atom. The number of hydrogen-bond acceptors (Lipinski definition) is 4. The van der Waals surface area contributed by atoms with E-state index >= 15 is 0 Å². The summed E-state index contributed by atoms with van der Waals surface area (Å²) in [4.78, 5) is 6.78. The molecule has 16 heavy (non-hydrogen) atoms. The zero-order valence-electron chi connectivity index (χ0n) is 9.72. The van der Waals surface area contributed by atoms with Gasteiger partial charge in [-0.05, 0) is 18.6 Å². The van der Waals surface area contributed by atoms with Crippen LogP contribution >= 0.6 is 0 Å². The van der Waals surface area contributed by atoms with E-state index < -0.39 is 0 Å². The Morgan fingerprint density at radius 3 is 3.25 bits per heavy atom. The highest BCUT2D eigenvalue weighted by Crippen LogP contribution is 2.12. The van der Waals surface area contributed by atoms with E-state index in [-0.39, 0.29) is 0 Å². The molecule has 0 amide bonds. The first-order chi connectivity index (χ1) is 7.81. The zero-order valence-corrected chi connectivity index (χ0v) is 9.72. The second-order valence-corrected chi connectivity index (χ2v) is 4.20. The Morgan fingerprint density at radius 1 is 1.62 bits per heavy atom. The van der Waals surface area contributed by atoms with E-state index in [2.05, 4.69) is 22.9 Å². The van der Waals surface area contributed by atoms with E-state index in [4.69, 9.17) is 10.5 Å². The van der Waals surface area contributed by atoms with Crippen molar-refractivity contribution in [3.63, 3.8) is 0 Å². The number of pyridine rings is 1. The van der Waals surface area contributed by atoms with Gasteiger partial charge in [0.2, 0.25) is 0 Å². The van der Waals surface area contributed by atoms with Crippen LogP contribution in [0.2, 0.25) is 0 Å². The van der Waals surface area contributed by atoms with E-state index in [0.29, 0.717) is 12.6 Å². The lowest BCUT2D eigenvalue weighted by Gasteiger charge is -2.34. The molecule has 4 heteroatoms. The smallest absolute Gasteiger partial charge is 0.0634 e. The summed E-state index contributed by atoms with van der Waals surface area (Å²) in [5, 5.41) is 0. The molecule has 0 radical (unpaired) electrons. The first-order valence-electron chi connectivity index (χ1n) is 5.73. The normalized spacial score (nSPS) is 22.2. The lowest BCUT2D eigenvalue weighted by Crippen LogP contribution is -2.48. The van der Waals surface area contributed by atoms with Crippen LogP contribution in [0.15, 0.2) is 18.3 Å². The van der Waals surface area contributed by atoms with Gasteiger partial charge >= 0.3 is 0 Å². The molecule has 1 aromatic rings. The minimum absolute atomic E-state index is 0.329. The number of aryl methyl sites for hydroxylation is 1. The van der Waals surface area contributed by atoms with Gasteiger partial charge in [-0.3, -0.25) is 9.88 Å². The van der Waals surface area contributed by atoms with Crippen LogP contribution in [0.25, 0.3) is 0 Å². The molecule has 1 saturated heterocycles. The molecular formula is C12H19N3O. The molecule has 4 nitrogen and oxygen atoms in total. The quantitative estimate of drug-likeness (QED) is 0.810. The van der Waals surface area contributed by atoms with Crippen molar-refractivity contribution >= 4 is 0 Å². The lowest BCUT2D eigenvalue weighted by molar-refractivity contribution is -0.00854. The van der Waals surface area contributed by atoms with Crippen molar-refractivity contribution in [2.24, 2.45) is 5.73 Å². The van der Waals surface area contributed by atoms with Gasteiger partial charge in [-0.2, -0.15) is 0 Å². The Balaban J connectivity index is 2.05. The van der Waals surface area contributed by atoms with Gasteiger partial charge < -0.3 is 10.5 Å². The van der Waals surface area contributed by atoms with E-state index in [9.17, 15) is 0 Å². The van der Waals surface area contributed by atoms with E-state index in [1.807, 2.05) is 12.3 Å². The number of hydrogen-bond donors (Lipinski definition) is 1. The second-order valence-electron chi connectivity index (χ2n) is 4.20. The minimum Gasteiger partial charge on any atom is -0.378 e. The molecule has 0 spiro atoms. The fraction of sp³-hybridized carbons (Fsp3) is 0.583. The Labute approximate surface area is 96.4 Å². The van der Waals surface area contributed by atoms with Gasteiger partial charge in [0.25, 0.3) is 0 Å². The van der Waals surface area contributed by atoms with Crippen molar-refractivity contribution < 1.29 is 4.74 Å². The summed E-state index contributed by atoms with van der Waals surface area (Å²) >= 11 is 0. The Kier molecular flexibility index (Phi) is 3.88. The molecule has 0 bridgehead atoms. The minimum atomic E-state index is 0.329. The number of ether oxygens (including phenoxy) is 1. The van der Waals surface area contributed by atoms with Crippen molar-refractivity contribution in [2.75, 3.05) is 26.3 Å². The predicted molar refractivity (Wildman–Crippen MR) is 63.0 cm³/mol. The summed E-state index contributed by atoms with van der Waals surface area (Å²) in [6.07, 6.45) is 1.85. The van der Waals surface area contributed by atoms with Crippen LogP contribution in [0.4, 0.5) is 0 Å². The maximum atomic E-state index is 5.74. The number of nitrogens with two attached hydrogens (primary N) is 1. The number of aromatic nitrogens is 1. The van der Waals surface area contributed by atoms with E-state index in [1.165, 1.54) is 5.56 Å². The molecule has 1 aliphatic heterocycles. The average molecular weight is 221 g/mol. The van der Waals surface area contributed by atoms with Crippen LogP contribution in [0.3, 0.4) is 0 Å². The molecule has 1 atom stereocenters. The van der Waals surface area contributed by atoms with Crippen LogP contribution < -0.4 is 5.73 Å².